The van der Waals surface area contributed by atoms with E-state index in [1.165, 1.54) is 96.6 Å². The summed E-state index contributed by atoms with van der Waals surface area (Å²) < 4.78 is 0. The van der Waals surface area contributed by atoms with Crippen molar-refractivity contribution in [2.75, 3.05) is 13.1 Å². The fourth-order valence-electron chi connectivity index (χ4n) is 3.63. The summed E-state index contributed by atoms with van der Waals surface area (Å²) in [6, 6.07) is 0. The number of hydrogen-bond acceptors (Lipinski definition) is 2. The van der Waals surface area contributed by atoms with Gasteiger partial charge in [-0.2, -0.15) is 0 Å². The molecule has 0 aromatic carbocycles. The van der Waals surface area contributed by atoms with Gasteiger partial charge in [0.25, 0.3) is 0 Å². The van der Waals surface area contributed by atoms with Gasteiger partial charge in [0, 0.05) is 25.5 Å². The Labute approximate surface area is 146 Å². The Kier molecular flexibility index (Phi) is 12.2. The Morgan fingerprint density at radius 3 is 1.35 bits per heavy atom. The summed E-state index contributed by atoms with van der Waals surface area (Å²) in [7, 11) is 0. The van der Waals surface area contributed by atoms with Gasteiger partial charge in [0.2, 0.25) is 0 Å². The molecule has 0 spiro atoms. The molecule has 0 bridgehead atoms. The lowest BCUT2D eigenvalue weighted by Gasteiger charge is -2.32. The molecule has 1 rings (SSSR count). The third-order valence-electron chi connectivity index (χ3n) is 5.12. The fourth-order valence-corrected chi connectivity index (χ4v) is 3.63. The molecule has 0 saturated heterocycles. The molecule has 0 N–H and O–H groups in total. The van der Waals surface area contributed by atoms with Crippen LogP contribution in [0.15, 0.2) is 12.4 Å². The van der Waals surface area contributed by atoms with Crippen molar-refractivity contribution in [3.63, 3.8) is 0 Å². The molecule has 0 amide bonds. The van der Waals surface area contributed by atoms with Crippen molar-refractivity contribution in [3.8, 4) is 0 Å². The smallest absolute Gasteiger partial charge is 0.100 e. The first-order valence-electron chi connectivity index (χ1n) is 10.5. The Morgan fingerprint density at radius 2 is 0.957 bits per heavy atom. The van der Waals surface area contributed by atoms with Crippen molar-refractivity contribution in [3.05, 3.63) is 12.4 Å². The summed E-state index contributed by atoms with van der Waals surface area (Å²) in [4.78, 5) is 5.16. The van der Waals surface area contributed by atoms with Crippen LogP contribution in [-0.4, -0.2) is 29.1 Å². The first-order valence-corrected chi connectivity index (χ1v) is 10.5. The standard InChI is InChI=1S/C21H42N2/c1-4-7-9-11-12-14-16-18-23-20-19-22(21(23)6-3)17-15-13-10-8-5-2/h19-21H,4-18H2,1-3H3. The van der Waals surface area contributed by atoms with Gasteiger partial charge < -0.3 is 9.80 Å². The van der Waals surface area contributed by atoms with Crippen molar-refractivity contribution >= 4 is 0 Å². The molecule has 0 fully saturated rings. The molecular formula is C21H42N2. The molecule has 1 aliphatic heterocycles. The molecule has 1 aliphatic rings. The lowest BCUT2D eigenvalue weighted by molar-refractivity contribution is 0.144. The molecule has 0 aliphatic carbocycles. The van der Waals surface area contributed by atoms with Crippen molar-refractivity contribution in [1.29, 1.82) is 0 Å². The SMILES string of the molecule is CCCCCCCCCN1C=CN(CCCCCCC)C1CC. The maximum atomic E-state index is 2.58. The number of hydrogen-bond donors (Lipinski definition) is 0. The van der Waals surface area contributed by atoms with Crippen molar-refractivity contribution in [2.45, 2.75) is 110 Å². The van der Waals surface area contributed by atoms with E-state index in [4.69, 9.17) is 0 Å². The van der Waals surface area contributed by atoms with Gasteiger partial charge in [-0.05, 0) is 19.3 Å². The van der Waals surface area contributed by atoms with E-state index in [1.807, 2.05) is 0 Å². The maximum Gasteiger partial charge on any atom is 0.100 e. The Bertz CT molecular complexity index is 288. The highest BCUT2D eigenvalue weighted by atomic mass is 15.4. The topological polar surface area (TPSA) is 6.48 Å². The second kappa shape index (κ2) is 13.7. The Balaban J connectivity index is 2.11. The minimum atomic E-state index is 0.626. The van der Waals surface area contributed by atoms with Gasteiger partial charge in [0.1, 0.15) is 6.17 Å². The molecule has 0 aromatic heterocycles. The van der Waals surface area contributed by atoms with E-state index in [0.717, 1.165) is 0 Å². The van der Waals surface area contributed by atoms with Gasteiger partial charge in [-0.15, -0.1) is 0 Å². The molecule has 0 saturated carbocycles. The first kappa shape index (κ1) is 20.4. The molecule has 1 heterocycles. The number of rotatable bonds is 15. The van der Waals surface area contributed by atoms with E-state index in [2.05, 4.69) is 43.0 Å². The van der Waals surface area contributed by atoms with E-state index >= 15 is 0 Å². The summed E-state index contributed by atoms with van der Waals surface area (Å²) in [6.07, 6.45) is 23.3. The average Bonchev–Trinajstić information content (AvgIpc) is 2.95. The highest BCUT2D eigenvalue weighted by Crippen LogP contribution is 2.21. The third kappa shape index (κ3) is 8.67. The second-order valence-corrected chi connectivity index (χ2v) is 7.20. The predicted molar refractivity (Wildman–Crippen MR) is 103 cm³/mol. The normalized spacial score (nSPS) is 17.4. The monoisotopic (exact) mass is 322 g/mol. The van der Waals surface area contributed by atoms with Crippen LogP contribution in [0.2, 0.25) is 0 Å². The van der Waals surface area contributed by atoms with Gasteiger partial charge in [0.15, 0.2) is 0 Å². The van der Waals surface area contributed by atoms with Crippen LogP contribution in [0.3, 0.4) is 0 Å². The van der Waals surface area contributed by atoms with Crippen molar-refractivity contribution in [1.82, 2.24) is 9.80 Å². The zero-order chi connectivity index (χ0) is 16.8. The van der Waals surface area contributed by atoms with Crippen LogP contribution < -0.4 is 0 Å². The first-order chi connectivity index (χ1) is 11.3. The summed E-state index contributed by atoms with van der Waals surface area (Å²) in [5.41, 5.74) is 0. The summed E-state index contributed by atoms with van der Waals surface area (Å²) >= 11 is 0. The zero-order valence-corrected chi connectivity index (χ0v) is 16.2. The predicted octanol–water partition coefficient (Wildman–Crippen LogP) is 6.53. The van der Waals surface area contributed by atoms with Crippen LogP contribution in [0.25, 0.3) is 0 Å². The lowest BCUT2D eigenvalue weighted by Crippen LogP contribution is -2.38. The Morgan fingerprint density at radius 1 is 0.565 bits per heavy atom. The van der Waals surface area contributed by atoms with Crippen LogP contribution >= 0.6 is 0 Å². The fraction of sp³-hybridized carbons (Fsp3) is 0.905. The van der Waals surface area contributed by atoms with Crippen LogP contribution in [0.5, 0.6) is 0 Å². The number of nitrogens with zero attached hydrogens (tertiary/aromatic N) is 2. The van der Waals surface area contributed by atoms with Crippen LogP contribution in [-0.2, 0) is 0 Å². The Hall–Kier alpha value is -0.660. The van der Waals surface area contributed by atoms with Crippen LogP contribution in [0, 0.1) is 0 Å². The molecule has 1 unspecified atom stereocenters. The zero-order valence-electron chi connectivity index (χ0n) is 16.2. The quantitative estimate of drug-likeness (QED) is 0.316. The summed E-state index contributed by atoms with van der Waals surface area (Å²) in [6.45, 7) is 9.40. The molecule has 1 atom stereocenters. The van der Waals surface area contributed by atoms with Gasteiger partial charge in [0.05, 0.1) is 0 Å². The summed E-state index contributed by atoms with van der Waals surface area (Å²) in [5, 5.41) is 0. The highest BCUT2D eigenvalue weighted by Gasteiger charge is 2.23. The molecule has 2 nitrogen and oxygen atoms in total. The van der Waals surface area contributed by atoms with Crippen LogP contribution in [0.1, 0.15) is 104 Å². The molecule has 0 radical (unpaired) electrons. The van der Waals surface area contributed by atoms with E-state index in [-0.39, 0.29) is 0 Å². The second-order valence-electron chi connectivity index (χ2n) is 7.20. The molecule has 136 valence electrons. The molecular weight excluding hydrogens is 280 g/mol. The minimum Gasteiger partial charge on any atom is -0.356 e. The van der Waals surface area contributed by atoms with Gasteiger partial charge in [-0.1, -0.05) is 85.0 Å². The van der Waals surface area contributed by atoms with Gasteiger partial charge in [-0.25, -0.2) is 0 Å². The third-order valence-corrected chi connectivity index (χ3v) is 5.12. The van der Waals surface area contributed by atoms with E-state index in [1.54, 1.807) is 0 Å². The molecule has 2 heteroatoms. The van der Waals surface area contributed by atoms with Crippen LogP contribution in [0.4, 0.5) is 0 Å². The van der Waals surface area contributed by atoms with E-state index in [0.29, 0.717) is 6.17 Å². The molecule has 0 aromatic rings. The van der Waals surface area contributed by atoms with E-state index in [9.17, 15) is 0 Å². The van der Waals surface area contributed by atoms with Crippen molar-refractivity contribution in [2.24, 2.45) is 0 Å². The average molecular weight is 323 g/mol. The van der Waals surface area contributed by atoms with Gasteiger partial charge >= 0.3 is 0 Å². The maximum absolute atomic E-state index is 2.58. The van der Waals surface area contributed by atoms with E-state index < -0.39 is 0 Å². The minimum absolute atomic E-state index is 0.626. The highest BCUT2D eigenvalue weighted by molar-refractivity contribution is 4.96. The van der Waals surface area contributed by atoms with Crippen molar-refractivity contribution < 1.29 is 0 Å². The molecule has 23 heavy (non-hydrogen) atoms. The lowest BCUT2D eigenvalue weighted by atomic mass is 10.1. The number of unbranched alkanes of at least 4 members (excludes halogenated alkanes) is 10. The summed E-state index contributed by atoms with van der Waals surface area (Å²) in [5.74, 6) is 0. The largest absolute Gasteiger partial charge is 0.356 e. The van der Waals surface area contributed by atoms with Gasteiger partial charge in [-0.3, -0.25) is 0 Å².